The van der Waals surface area contributed by atoms with E-state index in [9.17, 15) is 9.59 Å². The molecule has 1 aromatic heterocycles. The molecule has 0 aliphatic carbocycles. The van der Waals surface area contributed by atoms with Gasteiger partial charge in [-0.2, -0.15) is 5.10 Å². The van der Waals surface area contributed by atoms with Gasteiger partial charge in [-0.3, -0.25) is 9.48 Å². The maximum absolute atomic E-state index is 11.6. The second-order valence-corrected chi connectivity index (χ2v) is 4.87. The lowest BCUT2D eigenvalue weighted by Gasteiger charge is -2.14. The predicted octanol–water partition coefficient (Wildman–Crippen LogP) is 1.13. The predicted molar refractivity (Wildman–Crippen MR) is 74.4 cm³/mol. The molecule has 0 bridgehead atoms. The van der Waals surface area contributed by atoms with Crippen LogP contribution in [0.4, 0.5) is 4.79 Å². The third kappa shape index (κ3) is 6.77. The molecule has 0 fully saturated rings. The smallest absolute Gasteiger partial charge is 0.315 e. The van der Waals surface area contributed by atoms with Gasteiger partial charge in [-0.25, -0.2) is 4.79 Å². The molecule has 1 heterocycles. The van der Waals surface area contributed by atoms with Gasteiger partial charge in [0.1, 0.15) is 0 Å². The Labute approximate surface area is 118 Å². The van der Waals surface area contributed by atoms with E-state index in [4.69, 9.17) is 5.11 Å². The Kier molecular flexibility index (Phi) is 6.55. The third-order valence-corrected chi connectivity index (χ3v) is 2.79. The lowest BCUT2D eigenvalue weighted by molar-refractivity contribution is -0.137. The monoisotopic (exact) mass is 282 g/mol. The summed E-state index contributed by atoms with van der Waals surface area (Å²) >= 11 is 0. The molecule has 1 rings (SSSR count). The first-order chi connectivity index (χ1) is 9.47. The van der Waals surface area contributed by atoms with Crippen LogP contribution in [0.2, 0.25) is 0 Å². The normalized spacial score (nSPS) is 11.9. The number of urea groups is 1. The lowest BCUT2D eigenvalue weighted by Crippen LogP contribution is -2.41. The molecule has 0 aliphatic heterocycles. The second-order valence-electron chi connectivity index (χ2n) is 4.87. The first-order valence-electron chi connectivity index (χ1n) is 6.72. The SMILES string of the molecule is Cc1cnn(CCNC(=O)NC(C)CCCC(=O)O)c1. The van der Waals surface area contributed by atoms with Crippen molar-refractivity contribution in [1.82, 2.24) is 20.4 Å². The Balaban J connectivity index is 2.11. The van der Waals surface area contributed by atoms with Crippen LogP contribution in [0.5, 0.6) is 0 Å². The molecule has 1 atom stereocenters. The van der Waals surface area contributed by atoms with Crippen LogP contribution < -0.4 is 10.6 Å². The van der Waals surface area contributed by atoms with Gasteiger partial charge in [0, 0.05) is 25.2 Å². The first-order valence-corrected chi connectivity index (χ1v) is 6.72. The summed E-state index contributed by atoms with van der Waals surface area (Å²) in [5.41, 5.74) is 1.08. The number of carbonyl (C=O) groups is 2. The fourth-order valence-electron chi connectivity index (χ4n) is 1.78. The lowest BCUT2D eigenvalue weighted by atomic mass is 10.1. The Morgan fingerprint density at radius 2 is 2.25 bits per heavy atom. The molecule has 0 aromatic carbocycles. The highest BCUT2D eigenvalue weighted by atomic mass is 16.4. The molecular weight excluding hydrogens is 260 g/mol. The summed E-state index contributed by atoms with van der Waals surface area (Å²) in [7, 11) is 0. The van der Waals surface area contributed by atoms with E-state index in [0.29, 0.717) is 25.9 Å². The molecule has 112 valence electrons. The maximum atomic E-state index is 11.6. The van der Waals surface area contributed by atoms with E-state index < -0.39 is 5.97 Å². The highest BCUT2D eigenvalue weighted by molar-refractivity contribution is 5.74. The van der Waals surface area contributed by atoms with Gasteiger partial charge in [-0.05, 0) is 32.3 Å². The van der Waals surface area contributed by atoms with E-state index in [1.165, 1.54) is 0 Å². The molecule has 3 N–H and O–H groups in total. The number of carboxylic acid groups (broad SMARTS) is 1. The Morgan fingerprint density at radius 3 is 2.85 bits per heavy atom. The number of aliphatic carboxylic acids is 1. The van der Waals surface area contributed by atoms with Gasteiger partial charge >= 0.3 is 12.0 Å². The van der Waals surface area contributed by atoms with Gasteiger partial charge in [-0.1, -0.05) is 0 Å². The van der Waals surface area contributed by atoms with Crippen LogP contribution in [-0.2, 0) is 11.3 Å². The molecular formula is C13H22N4O3. The number of hydrogen-bond acceptors (Lipinski definition) is 3. The average Bonchev–Trinajstić information content (AvgIpc) is 2.74. The van der Waals surface area contributed by atoms with Crippen molar-refractivity contribution < 1.29 is 14.7 Å². The molecule has 0 saturated heterocycles. The minimum atomic E-state index is -0.809. The third-order valence-electron chi connectivity index (χ3n) is 2.79. The molecule has 1 unspecified atom stereocenters. The van der Waals surface area contributed by atoms with Crippen molar-refractivity contribution in [1.29, 1.82) is 0 Å². The number of amides is 2. The van der Waals surface area contributed by atoms with E-state index >= 15 is 0 Å². The van der Waals surface area contributed by atoms with Gasteiger partial charge in [0.25, 0.3) is 0 Å². The van der Waals surface area contributed by atoms with Crippen molar-refractivity contribution in [3.8, 4) is 0 Å². The largest absolute Gasteiger partial charge is 0.481 e. The number of nitrogens with zero attached hydrogens (tertiary/aromatic N) is 2. The van der Waals surface area contributed by atoms with Crippen LogP contribution in [0.1, 0.15) is 31.7 Å². The van der Waals surface area contributed by atoms with Crippen LogP contribution >= 0.6 is 0 Å². The van der Waals surface area contributed by atoms with Crippen molar-refractivity contribution >= 4 is 12.0 Å². The molecule has 7 heteroatoms. The van der Waals surface area contributed by atoms with Gasteiger partial charge in [0.05, 0.1) is 12.7 Å². The zero-order chi connectivity index (χ0) is 15.0. The minimum Gasteiger partial charge on any atom is -0.481 e. The van der Waals surface area contributed by atoms with Gasteiger partial charge in [0.2, 0.25) is 0 Å². The van der Waals surface area contributed by atoms with E-state index in [2.05, 4.69) is 15.7 Å². The number of aryl methyl sites for hydroxylation is 1. The molecule has 0 saturated carbocycles. The van der Waals surface area contributed by atoms with Crippen LogP contribution in [0.15, 0.2) is 12.4 Å². The van der Waals surface area contributed by atoms with E-state index in [1.807, 2.05) is 20.0 Å². The molecule has 0 radical (unpaired) electrons. The van der Waals surface area contributed by atoms with Crippen molar-refractivity contribution in [2.75, 3.05) is 6.54 Å². The number of nitrogens with one attached hydrogen (secondary N) is 2. The molecule has 1 aromatic rings. The van der Waals surface area contributed by atoms with Crippen LogP contribution in [-0.4, -0.2) is 39.5 Å². The highest BCUT2D eigenvalue weighted by Gasteiger charge is 2.07. The van der Waals surface area contributed by atoms with Crippen LogP contribution in [0.25, 0.3) is 0 Å². The number of aromatic nitrogens is 2. The van der Waals surface area contributed by atoms with Gasteiger partial charge in [0.15, 0.2) is 0 Å². The van der Waals surface area contributed by atoms with Crippen molar-refractivity contribution in [2.24, 2.45) is 0 Å². The molecule has 0 spiro atoms. The zero-order valence-corrected chi connectivity index (χ0v) is 11.9. The quantitative estimate of drug-likeness (QED) is 0.666. The Hall–Kier alpha value is -2.05. The number of hydrogen-bond donors (Lipinski definition) is 3. The maximum Gasteiger partial charge on any atom is 0.315 e. The summed E-state index contributed by atoms with van der Waals surface area (Å²) in [5.74, 6) is -0.809. The van der Waals surface area contributed by atoms with Crippen molar-refractivity contribution in [3.05, 3.63) is 18.0 Å². The summed E-state index contributed by atoms with van der Waals surface area (Å²) < 4.78 is 1.77. The standard InChI is InChI=1S/C13H22N4O3/c1-10-8-15-17(9-10)7-6-14-13(20)16-11(2)4-3-5-12(18)19/h8-9,11H,3-7H2,1-2H3,(H,18,19)(H2,14,16,20). The van der Waals surface area contributed by atoms with Gasteiger partial charge < -0.3 is 15.7 Å². The van der Waals surface area contributed by atoms with E-state index in [0.717, 1.165) is 5.56 Å². The molecule has 2 amide bonds. The van der Waals surface area contributed by atoms with Crippen molar-refractivity contribution in [3.63, 3.8) is 0 Å². The van der Waals surface area contributed by atoms with E-state index in [1.54, 1.807) is 10.9 Å². The van der Waals surface area contributed by atoms with Crippen LogP contribution in [0.3, 0.4) is 0 Å². The Morgan fingerprint density at radius 1 is 1.50 bits per heavy atom. The fourth-order valence-corrected chi connectivity index (χ4v) is 1.78. The number of rotatable bonds is 8. The van der Waals surface area contributed by atoms with E-state index in [-0.39, 0.29) is 18.5 Å². The molecule has 7 nitrogen and oxygen atoms in total. The summed E-state index contributed by atoms with van der Waals surface area (Å²) in [4.78, 5) is 22.0. The summed E-state index contributed by atoms with van der Waals surface area (Å²) in [6, 6.07) is -0.280. The van der Waals surface area contributed by atoms with Gasteiger partial charge in [-0.15, -0.1) is 0 Å². The number of carboxylic acids is 1. The highest BCUT2D eigenvalue weighted by Crippen LogP contribution is 2.00. The van der Waals surface area contributed by atoms with Crippen LogP contribution in [0, 0.1) is 6.92 Å². The fraction of sp³-hybridized carbons (Fsp3) is 0.615. The minimum absolute atomic E-state index is 0.0405. The Bertz CT molecular complexity index is 445. The zero-order valence-electron chi connectivity index (χ0n) is 11.9. The van der Waals surface area contributed by atoms with Crippen molar-refractivity contribution in [2.45, 2.75) is 45.7 Å². The number of carbonyl (C=O) groups excluding carboxylic acids is 1. The second kappa shape index (κ2) is 8.19. The average molecular weight is 282 g/mol. The summed E-state index contributed by atoms with van der Waals surface area (Å²) in [6.45, 7) is 4.93. The molecule has 20 heavy (non-hydrogen) atoms. The topological polar surface area (TPSA) is 96.3 Å². The summed E-state index contributed by atoms with van der Waals surface area (Å²) in [6.07, 6.45) is 5.02. The molecule has 0 aliphatic rings. The summed E-state index contributed by atoms with van der Waals surface area (Å²) in [5, 5.41) is 18.2. The first kappa shape index (κ1) is 16.0.